The van der Waals surface area contributed by atoms with Crippen LogP contribution < -0.4 is 4.72 Å². The molecule has 1 fully saturated rings. The van der Waals surface area contributed by atoms with Gasteiger partial charge in [0.25, 0.3) is 15.9 Å². The molecule has 0 unspecified atom stereocenters. The first-order valence-corrected chi connectivity index (χ1v) is 14.5. The van der Waals surface area contributed by atoms with E-state index >= 15 is 0 Å². The molecule has 1 saturated heterocycles. The second kappa shape index (κ2) is 11.3. The van der Waals surface area contributed by atoms with Gasteiger partial charge in [0.15, 0.2) is 0 Å². The van der Waals surface area contributed by atoms with Crippen LogP contribution in [0.15, 0.2) is 83.9 Å². The second-order valence-electron chi connectivity index (χ2n) is 9.15. The van der Waals surface area contributed by atoms with Gasteiger partial charge in [-0.05, 0) is 54.4 Å². The molecule has 0 spiro atoms. The van der Waals surface area contributed by atoms with Crippen LogP contribution in [0.4, 0.5) is 5.69 Å². The van der Waals surface area contributed by atoms with Gasteiger partial charge in [-0.1, -0.05) is 53.5 Å². The largest absolute Gasteiger partial charge is 0.337 e. The van der Waals surface area contributed by atoms with Crippen molar-refractivity contribution in [2.45, 2.75) is 17.9 Å². The maximum Gasteiger partial charge on any atom is 0.264 e. The minimum absolute atomic E-state index is 0.0831. The fraction of sp³-hybridized carbons (Fsp3) is 0.214. The van der Waals surface area contributed by atoms with Gasteiger partial charge in [0.2, 0.25) is 0 Å². The van der Waals surface area contributed by atoms with Gasteiger partial charge in [-0.2, -0.15) is 0 Å². The Morgan fingerprint density at radius 1 is 0.895 bits per heavy atom. The van der Waals surface area contributed by atoms with Gasteiger partial charge in [-0.15, -0.1) is 0 Å². The molecule has 1 aliphatic rings. The van der Waals surface area contributed by atoms with Crippen molar-refractivity contribution in [1.29, 1.82) is 0 Å². The number of sulfonamides is 1. The van der Waals surface area contributed by atoms with Crippen molar-refractivity contribution in [3.8, 4) is 0 Å². The number of rotatable bonds is 6. The van der Waals surface area contributed by atoms with Crippen molar-refractivity contribution < 1.29 is 13.2 Å². The highest BCUT2D eigenvalue weighted by Crippen LogP contribution is 2.27. The summed E-state index contributed by atoms with van der Waals surface area (Å²) in [5, 5.41) is 1.84. The third-order valence-electron chi connectivity index (χ3n) is 6.57. The van der Waals surface area contributed by atoms with Gasteiger partial charge in [0, 0.05) is 55.6 Å². The van der Waals surface area contributed by atoms with Gasteiger partial charge in [-0.25, -0.2) is 8.42 Å². The van der Waals surface area contributed by atoms with Crippen molar-refractivity contribution in [2.75, 3.05) is 30.9 Å². The fourth-order valence-electron chi connectivity index (χ4n) is 4.61. The number of pyridine rings is 1. The van der Waals surface area contributed by atoms with Crippen LogP contribution in [-0.4, -0.2) is 55.3 Å². The highest BCUT2D eigenvalue weighted by Gasteiger charge is 2.22. The summed E-state index contributed by atoms with van der Waals surface area (Å²) in [6.45, 7) is 3.45. The number of para-hydroxylation sites is 1. The van der Waals surface area contributed by atoms with Crippen molar-refractivity contribution in [3.05, 3.63) is 100 Å². The molecule has 0 radical (unpaired) electrons. The quantitative estimate of drug-likeness (QED) is 0.323. The lowest BCUT2D eigenvalue weighted by molar-refractivity contribution is 0.0761. The molecule has 1 aliphatic heterocycles. The van der Waals surface area contributed by atoms with Crippen LogP contribution in [0.2, 0.25) is 10.0 Å². The van der Waals surface area contributed by atoms with E-state index in [9.17, 15) is 13.2 Å². The summed E-state index contributed by atoms with van der Waals surface area (Å²) in [4.78, 5) is 21.6. The Balaban J connectivity index is 1.23. The number of fused-ring (bicyclic) bond motifs is 1. The van der Waals surface area contributed by atoms with Crippen LogP contribution in [0.25, 0.3) is 10.9 Å². The van der Waals surface area contributed by atoms with Crippen LogP contribution in [0.3, 0.4) is 0 Å². The zero-order chi connectivity index (χ0) is 26.7. The van der Waals surface area contributed by atoms with E-state index in [-0.39, 0.29) is 10.8 Å². The molecule has 7 nitrogen and oxygen atoms in total. The molecule has 1 aromatic heterocycles. The first-order valence-electron chi connectivity index (χ1n) is 12.2. The summed E-state index contributed by atoms with van der Waals surface area (Å²) in [6.07, 6.45) is 2.40. The maximum absolute atomic E-state index is 13.2. The van der Waals surface area contributed by atoms with Crippen LogP contribution >= 0.6 is 23.2 Å². The van der Waals surface area contributed by atoms with E-state index < -0.39 is 10.0 Å². The number of carbonyl (C=O) groups excluding carboxylic acids is 1. The van der Waals surface area contributed by atoms with Crippen molar-refractivity contribution in [3.63, 3.8) is 0 Å². The van der Waals surface area contributed by atoms with E-state index in [0.717, 1.165) is 23.9 Å². The van der Waals surface area contributed by atoms with E-state index in [0.29, 0.717) is 53.0 Å². The first-order chi connectivity index (χ1) is 18.3. The number of hydrogen-bond acceptors (Lipinski definition) is 5. The van der Waals surface area contributed by atoms with Crippen LogP contribution in [0.5, 0.6) is 0 Å². The molecule has 0 bridgehead atoms. The smallest absolute Gasteiger partial charge is 0.264 e. The van der Waals surface area contributed by atoms with Crippen LogP contribution in [0.1, 0.15) is 22.3 Å². The van der Waals surface area contributed by atoms with E-state index in [1.807, 2.05) is 29.2 Å². The number of halogens is 2. The predicted molar refractivity (Wildman–Crippen MR) is 151 cm³/mol. The van der Waals surface area contributed by atoms with Crippen molar-refractivity contribution in [2.24, 2.45) is 0 Å². The molecule has 10 heteroatoms. The first kappa shape index (κ1) is 26.4. The summed E-state index contributed by atoms with van der Waals surface area (Å²) in [6, 6.07) is 20.7. The minimum atomic E-state index is -3.87. The van der Waals surface area contributed by atoms with Gasteiger partial charge in [-0.3, -0.25) is 19.4 Å². The number of aromatic nitrogens is 1. The number of anilines is 1. The molecule has 3 aromatic carbocycles. The van der Waals surface area contributed by atoms with Crippen molar-refractivity contribution in [1.82, 2.24) is 14.8 Å². The lowest BCUT2D eigenvalue weighted by Crippen LogP contribution is -2.35. The number of nitrogens with one attached hydrogen (secondary N) is 1. The minimum Gasteiger partial charge on any atom is -0.337 e. The Bertz CT molecular complexity index is 1570. The van der Waals surface area contributed by atoms with E-state index in [1.54, 1.807) is 48.7 Å². The molecule has 0 aliphatic carbocycles. The zero-order valence-corrected chi connectivity index (χ0v) is 22.8. The molecular weight excluding hydrogens is 543 g/mol. The SMILES string of the molecule is O=C(c1ccc(NS(=O)(=O)c2cccc3cccnc23)cc1)N1CCCN(Cc2cccc(Cl)c2Cl)CC1. The molecule has 0 saturated carbocycles. The van der Waals surface area contributed by atoms with E-state index in [2.05, 4.69) is 14.6 Å². The topological polar surface area (TPSA) is 82.6 Å². The molecule has 4 aromatic rings. The predicted octanol–water partition coefficient (Wildman–Crippen LogP) is 5.69. The summed E-state index contributed by atoms with van der Waals surface area (Å²) in [5.41, 5.74) is 2.25. The van der Waals surface area contributed by atoms with Gasteiger partial charge < -0.3 is 4.90 Å². The molecular formula is C28H26Cl2N4O3S. The normalized spacial score (nSPS) is 14.8. The number of hydrogen-bond donors (Lipinski definition) is 1. The third-order valence-corrected chi connectivity index (χ3v) is 8.84. The summed E-state index contributed by atoms with van der Waals surface area (Å²) in [7, 11) is -3.87. The Morgan fingerprint density at radius 3 is 2.47 bits per heavy atom. The average molecular weight is 570 g/mol. The Labute approximate surface area is 232 Å². The Morgan fingerprint density at radius 2 is 1.66 bits per heavy atom. The summed E-state index contributed by atoms with van der Waals surface area (Å²) in [5.74, 6) is -0.0831. The number of amides is 1. The van der Waals surface area contributed by atoms with Gasteiger partial charge in [0.1, 0.15) is 4.90 Å². The number of benzene rings is 3. The highest BCUT2D eigenvalue weighted by molar-refractivity contribution is 7.93. The summed E-state index contributed by atoms with van der Waals surface area (Å²) < 4.78 is 28.7. The molecule has 5 rings (SSSR count). The van der Waals surface area contributed by atoms with E-state index in [1.165, 1.54) is 6.07 Å². The van der Waals surface area contributed by atoms with E-state index in [4.69, 9.17) is 23.2 Å². The van der Waals surface area contributed by atoms with Gasteiger partial charge in [0.05, 0.1) is 15.6 Å². The molecule has 0 atom stereocenters. The standard InChI is InChI=1S/C28H26Cl2N4O3S/c29-24-8-1-6-22(26(24)30)19-33-15-4-16-34(18-17-33)28(35)21-10-12-23(13-11-21)32-38(36,37)25-9-2-5-20-7-3-14-31-27(20)25/h1-3,5-14,32H,4,15-19H2. The Kier molecular flexibility index (Phi) is 7.85. The molecule has 1 N–H and O–H groups in total. The molecule has 2 heterocycles. The molecule has 38 heavy (non-hydrogen) atoms. The fourth-order valence-corrected chi connectivity index (χ4v) is 6.23. The van der Waals surface area contributed by atoms with Crippen LogP contribution in [0, 0.1) is 0 Å². The molecule has 196 valence electrons. The maximum atomic E-state index is 13.2. The van der Waals surface area contributed by atoms with Crippen molar-refractivity contribution >= 4 is 55.7 Å². The number of nitrogens with zero attached hydrogens (tertiary/aromatic N) is 3. The number of carbonyl (C=O) groups is 1. The lowest BCUT2D eigenvalue weighted by Gasteiger charge is -2.22. The van der Waals surface area contributed by atoms with Gasteiger partial charge >= 0.3 is 0 Å². The lowest BCUT2D eigenvalue weighted by atomic mass is 10.2. The average Bonchev–Trinajstić information content (AvgIpc) is 3.16. The third kappa shape index (κ3) is 5.78. The highest BCUT2D eigenvalue weighted by atomic mass is 35.5. The van der Waals surface area contributed by atoms with Crippen LogP contribution in [-0.2, 0) is 16.6 Å². The Hall–Kier alpha value is -3.17. The second-order valence-corrected chi connectivity index (χ2v) is 11.6. The monoisotopic (exact) mass is 568 g/mol. The summed E-state index contributed by atoms with van der Waals surface area (Å²) >= 11 is 12.5. The zero-order valence-electron chi connectivity index (χ0n) is 20.5. The molecule has 1 amide bonds.